The first kappa shape index (κ1) is 10.2. The predicted molar refractivity (Wildman–Crippen MR) is 53.6 cm³/mol. The minimum Gasteiger partial charge on any atom is -0.508 e. The molecule has 0 saturated heterocycles. The molecule has 1 aliphatic carbocycles. The zero-order valence-corrected chi connectivity index (χ0v) is 8.59. The fourth-order valence-electron chi connectivity index (χ4n) is 1.20. The molecule has 1 aliphatic rings. The number of aromatic hydroxyl groups is 1. The Labute approximate surface area is 86.8 Å². The van der Waals surface area contributed by atoms with Gasteiger partial charge in [-0.1, -0.05) is 0 Å². The second-order valence-electron chi connectivity index (χ2n) is 3.51. The Morgan fingerprint density at radius 1 is 1.40 bits per heavy atom. The van der Waals surface area contributed by atoms with Crippen LogP contribution in [0.2, 0.25) is 0 Å². The van der Waals surface area contributed by atoms with Gasteiger partial charge in [-0.05, 0) is 25.0 Å². The van der Waals surface area contributed by atoms with E-state index in [4.69, 9.17) is 5.11 Å². The van der Waals surface area contributed by atoms with Gasteiger partial charge in [-0.2, -0.15) is 0 Å². The molecule has 1 aromatic carbocycles. The van der Waals surface area contributed by atoms with Crippen LogP contribution in [0, 0.1) is 5.82 Å². The van der Waals surface area contributed by atoms with E-state index in [1.54, 1.807) is 0 Å². The predicted octanol–water partition coefficient (Wildman–Crippen LogP) is 1.44. The number of nitrogens with one attached hydrogen (secondary N) is 1. The fraction of sp³-hybridized carbons (Fsp3) is 0.333. The van der Waals surface area contributed by atoms with Crippen LogP contribution < -0.4 is 4.72 Å². The van der Waals surface area contributed by atoms with Crippen LogP contribution in [0.1, 0.15) is 12.8 Å². The third-order valence-corrected chi connectivity index (χ3v) is 4.02. The van der Waals surface area contributed by atoms with Gasteiger partial charge in [0.05, 0.1) is 10.9 Å². The van der Waals surface area contributed by atoms with E-state index in [2.05, 4.69) is 4.72 Å². The lowest BCUT2D eigenvalue weighted by Crippen LogP contribution is -2.18. The van der Waals surface area contributed by atoms with Crippen LogP contribution in [0.3, 0.4) is 0 Å². The van der Waals surface area contributed by atoms with E-state index < -0.39 is 21.1 Å². The average Bonchev–Trinajstić information content (AvgIpc) is 2.92. The lowest BCUT2D eigenvalue weighted by atomic mass is 10.3. The molecule has 1 fully saturated rings. The highest BCUT2D eigenvalue weighted by Gasteiger charge is 2.36. The van der Waals surface area contributed by atoms with Crippen LogP contribution in [0.4, 0.5) is 10.1 Å². The molecule has 0 aliphatic heterocycles. The monoisotopic (exact) mass is 231 g/mol. The molecular formula is C9H10FNO3S. The van der Waals surface area contributed by atoms with Crippen LogP contribution in [0.5, 0.6) is 5.75 Å². The lowest BCUT2D eigenvalue weighted by Gasteiger charge is -2.07. The molecular weight excluding hydrogens is 221 g/mol. The SMILES string of the molecule is O=S(=O)(Nc1ccc(O)cc1F)C1CC1. The van der Waals surface area contributed by atoms with Crippen LogP contribution in [-0.4, -0.2) is 18.8 Å². The summed E-state index contributed by atoms with van der Waals surface area (Å²) < 4.78 is 38.3. The number of phenolic OH excluding ortho intramolecular Hbond substituents is 1. The molecule has 0 heterocycles. The normalized spacial score (nSPS) is 16.3. The quantitative estimate of drug-likeness (QED) is 0.773. The van der Waals surface area contributed by atoms with Gasteiger partial charge in [0.25, 0.3) is 0 Å². The summed E-state index contributed by atoms with van der Waals surface area (Å²) in [4.78, 5) is 0. The minimum absolute atomic E-state index is 0.125. The molecule has 0 unspecified atom stereocenters. The molecule has 2 N–H and O–H groups in total. The molecule has 1 aromatic rings. The van der Waals surface area contributed by atoms with E-state index in [9.17, 15) is 12.8 Å². The van der Waals surface area contributed by atoms with Gasteiger partial charge in [-0.15, -0.1) is 0 Å². The van der Waals surface area contributed by atoms with E-state index >= 15 is 0 Å². The molecule has 0 radical (unpaired) electrons. The highest BCUT2D eigenvalue weighted by atomic mass is 32.2. The van der Waals surface area contributed by atoms with Crippen molar-refractivity contribution in [2.45, 2.75) is 18.1 Å². The Morgan fingerprint density at radius 3 is 2.60 bits per heavy atom. The van der Waals surface area contributed by atoms with Gasteiger partial charge in [-0.3, -0.25) is 4.72 Å². The van der Waals surface area contributed by atoms with E-state index in [1.807, 2.05) is 0 Å². The lowest BCUT2D eigenvalue weighted by molar-refractivity contribution is 0.469. The van der Waals surface area contributed by atoms with Crippen LogP contribution in [0.25, 0.3) is 0 Å². The van der Waals surface area contributed by atoms with Crippen molar-refractivity contribution in [3.63, 3.8) is 0 Å². The molecule has 2 rings (SSSR count). The number of sulfonamides is 1. The smallest absolute Gasteiger partial charge is 0.235 e. The number of anilines is 1. The van der Waals surface area contributed by atoms with E-state index in [1.165, 1.54) is 12.1 Å². The first-order valence-corrected chi connectivity index (χ1v) is 6.04. The van der Waals surface area contributed by atoms with Gasteiger partial charge in [0.1, 0.15) is 5.75 Å². The number of halogens is 1. The summed E-state index contributed by atoms with van der Waals surface area (Å²) >= 11 is 0. The van der Waals surface area contributed by atoms with Crippen LogP contribution in [0.15, 0.2) is 18.2 Å². The Balaban J connectivity index is 2.24. The molecule has 1 saturated carbocycles. The third-order valence-electron chi connectivity index (χ3n) is 2.17. The number of hydrogen-bond acceptors (Lipinski definition) is 3. The molecule has 4 nitrogen and oxygen atoms in total. The first-order valence-electron chi connectivity index (χ1n) is 4.49. The fourth-order valence-corrected chi connectivity index (χ4v) is 2.60. The van der Waals surface area contributed by atoms with Gasteiger partial charge in [0.15, 0.2) is 5.82 Å². The van der Waals surface area contributed by atoms with Crippen molar-refractivity contribution in [3.05, 3.63) is 24.0 Å². The van der Waals surface area contributed by atoms with Gasteiger partial charge >= 0.3 is 0 Å². The second kappa shape index (κ2) is 3.37. The molecule has 0 atom stereocenters. The Kier molecular flexibility index (Phi) is 2.30. The Bertz CT molecular complexity index is 482. The van der Waals surface area contributed by atoms with Crippen LogP contribution in [-0.2, 0) is 10.0 Å². The summed E-state index contributed by atoms with van der Waals surface area (Å²) in [6.45, 7) is 0. The molecule has 15 heavy (non-hydrogen) atoms. The summed E-state index contributed by atoms with van der Waals surface area (Å²) in [6.07, 6.45) is 1.24. The van der Waals surface area contributed by atoms with Crippen molar-refractivity contribution in [1.29, 1.82) is 0 Å². The molecule has 0 spiro atoms. The average molecular weight is 231 g/mol. The van der Waals surface area contributed by atoms with Crippen molar-refractivity contribution in [2.75, 3.05) is 4.72 Å². The maximum atomic E-state index is 13.2. The zero-order valence-electron chi connectivity index (χ0n) is 7.77. The Morgan fingerprint density at radius 2 is 2.07 bits per heavy atom. The van der Waals surface area contributed by atoms with Crippen LogP contribution >= 0.6 is 0 Å². The van der Waals surface area contributed by atoms with Gasteiger partial charge in [0.2, 0.25) is 10.0 Å². The van der Waals surface area contributed by atoms with Gasteiger partial charge < -0.3 is 5.11 Å². The maximum absolute atomic E-state index is 13.2. The van der Waals surface area contributed by atoms with Crippen molar-refractivity contribution >= 4 is 15.7 Å². The molecule has 0 aromatic heterocycles. The van der Waals surface area contributed by atoms with Crippen molar-refractivity contribution in [2.24, 2.45) is 0 Å². The van der Waals surface area contributed by atoms with E-state index in [0.717, 1.165) is 6.07 Å². The number of phenols is 1. The highest BCUT2D eigenvalue weighted by molar-refractivity contribution is 7.93. The van der Waals surface area contributed by atoms with Gasteiger partial charge in [-0.25, -0.2) is 12.8 Å². The second-order valence-corrected chi connectivity index (χ2v) is 5.47. The highest BCUT2D eigenvalue weighted by Crippen LogP contribution is 2.30. The van der Waals surface area contributed by atoms with Crippen molar-refractivity contribution in [1.82, 2.24) is 0 Å². The maximum Gasteiger partial charge on any atom is 0.235 e. The summed E-state index contributed by atoms with van der Waals surface area (Å²) in [5.41, 5.74) is -0.125. The van der Waals surface area contributed by atoms with E-state index in [-0.39, 0.29) is 11.4 Å². The first-order chi connectivity index (χ1) is 6.99. The summed E-state index contributed by atoms with van der Waals surface area (Å²) in [5, 5.41) is 8.54. The van der Waals surface area contributed by atoms with Gasteiger partial charge in [0, 0.05) is 6.07 Å². The number of hydrogen-bond donors (Lipinski definition) is 2. The molecule has 0 amide bonds. The summed E-state index contributed by atoms with van der Waals surface area (Å²) in [6, 6.07) is 3.29. The summed E-state index contributed by atoms with van der Waals surface area (Å²) in [5.74, 6) is -1.01. The standard InChI is InChI=1S/C9H10FNO3S/c10-8-5-6(12)1-4-9(8)11-15(13,14)7-2-3-7/h1,4-5,7,11-12H,2-3H2. The molecule has 82 valence electrons. The van der Waals surface area contributed by atoms with E-state index in [0.29, 0.717) is 12.8 Å². The largest absolute Gasteiger partial charge is 0.508 e. The third kappa shape index (κ3) is 2.20. The van der Waals surface area contributed by atoms with Crippen molar-refractivity contribution < 1.29 is 17.9 Å². The topological polar surface area (TPSA) is 66.4 Å². The zero-order chi connectivity index (χ0) is 11.1. The molecule has 6 heteroatoms. The Hall–Kier alpha value is -1.30. The summed E-state index contributed by atoms with van der Waals surface area (Å²) in [7, 11) is -3.45. The number of rotatable bonds is 3. The van der Waals surface area contributed by atoms with Crippen molar-refractivity contribution in [3.8, 4) is 5.75 Å². The minimum atomic E-state index is -3.45. The number of benzene rings is 1. The molecule has 0 bridgehead atoms.